The molecule has 0 aromatic rings. The summed E-state index contributed by atoms with van der Waals surface area (Å²) in [6.07, 6.45) is 6.20. The maximum absolute atomic E-state index is 8.44. The first-order valence-electron chi connectivity index (χ1n) is 3.45. The van der Waals surface area contributed by atoms with Crippen molar-refractivity contribution in [2.75, 3.05) is 0 Å². The molecule has 0 spiro atoms. The van der Waals surface area contributed by atoms with Crippen LogP contribution in [-0.4, -0.2) is 0 Å². The Morgan fingerprint density at radius 2 is 1.58 bits per heavy atom. The summed E-state index contributed by atoms with van der Waals surface area (Å²) in [6.45, 7) is 0. The van der Waals surface area contributed by atoms with Gasteiger partial charge in [-0.25, -0.2) is 0 Å². The van der Waals surface area contributed by atoms with E-state index in [4.69, 9.17) is 5.26 Å². The van der Waals surface area contributed by atoms with E-state index < -0.39 is 0 Å². The maximum atomic E-state index is 8.44. The molecule has 1 saturated carbocycles. The minimum Gasteiger partial charge on any atom is -0.693 e. The molecular formula is C8H16ClN2Pt-2. The molecule has 0 unspecified atom stereocenters. The molecule has 0 heterocycles. The summed E-state index contributed by atoms with van der Waals surface area (Å²) in [5.74, 6) is 0.392. The molecule has 1 rings (SSSR count). The Morgan fingerprint density at radius 3 is 1.83 bits per heavy atom. The molecule has 0 radical (unpaired) electrons. The fraction of sp³-hybridized carbons (Fsp3) is 0.750. The van der Waals surface area contributed by atoms with E-state index in [1.54, 1.807) is 18.8 Å². The van der Waals surface area contributed by atoms with Gasteiger partial charge in [-0.15, -0.1) is 0 Å². The fourth-order valence-electron chi connectivity index (χ4n) is 1.23. The molecule has 1 fully saturated rings. The second-order valence-corrected chi connectivity index (χ2v) is 2.46. The molecule has 0 amide bonds. The second-order valence-electron chi connectivity index (χ2n) is 2.46. The van der Waals surface area contributed by atoms with Gasteiger partial charge in [0.2, 0.25) is 0 Å². The minimum atomic E-state index is 0. The summed E-state index contributed by atoms with van der Waals surface area (Å²) in [5, 5.41) is 8.44. The zero-order valence-corrected chi connectivity index (χ0v) is 10.4. The third-order valence-electron chi connectivity index (χ3n) is 1.79. The van der Waals surface area contributed by atoms with Gasteiger partial charge in [0.25, 0.3) is 0 Å². The molecule has 77 valence electrons. The Labute approximate surface area is 91.1 Å². The summed E-state index contributed by atoms with van der Waals surface area (Å²) >= 11 is 1.61. The van der Waals surface area contributed by atoms with Crippen molar-refractivity contribution in [1.82, 2.24) is 0 Å². The molecular weight excluding hydrogens is 355 g/mol. The van der Waals surface area contributed by atoms with Crippen LogP contribution in [0.5, 0.6) is 0 Å². The van der Waals surface area contributed by atoms with Crippen LogP contribution in [0.2, 0.25) is 0 Å². The third-order valence-corrected chi connectivity index (χ3v) is 1.79. The predicted octanol–water partition coefficient (Wildman–Crippen LogP) is 3.94. The van der Waals surface area contributed by atoms with Gasteiger partial charge in [0.05, 0.1) is 6.07 Å². The SMILES string of the molecule is N#CC1CCCCC1.[CH3-].[Cl][Pt].[NH2-]. The van der Waals surface area contributed by atoms with E-state index in [0.717, 1.165) is 12.8 Å². The van der Waals surface area contributed by atoms with E-state index in [0.29, 0.717) is 5.92 Å². The molecule has 0 aromatic carbocycles. The van der Waals surface area contributed by atoms with Crippen molar-refractivity contribution in [2.45, 2.75) is 32.1 Å². The van der Waals surface area contributed by atoms with Crippen molar-refractivity contribution in [1.29, 1.82) is 5.26 Å². The fourth-order valence-corrected chi connectivity index (χ4v) is 1.23. The first-order valence-corrected chi connectivity index (χ1v) is 6.26. The smallest absolute Gasteiger partial charge is 0.693 e. The van der Waals surface area contributed by atoms with Gasteiger partial charge in [0.15, 0.2) is 0 Å². The molecule has 2 nitrogen and oxygen atoms in total. The average molecular weight is 371 g/mol. The van der Waals surface area contributed by atoms with Crippen LogP contribution in [0.4, 0.5) is 0 Å². The Kier molecular flexibility index (Phi) is 21.3. The molecule has 0 aromatic heterocycles. The van der Waals surface area contributed by atoms with Crippen molar-refractivity contribution in [3.63, 3.8) is 0 Å². The van der Waals surface area contributed by atoms with Crippen LogP contribution < -0.4 is 0 Å². The van der Waals surface area contributed by atoms with Crippen LogP contribution in [0.1, 0.15) is 32.1 Å². The van der Waals surface area contributed by atoms with Gasteiger partial charge in [-0.3, -0.25) is 0 Å². The zero-order valence-electron chi connectivity index (χ0n) is 7.33. The Bertz CT molecular complexity index is 108. The molecule has 2 N–H and O–H groups in total. The summed E-state index contributed by atoms with van der Waals surface area (Å²) in [5.41, 5.74) is 0. The molecule has 0 aliphatic heterocycles. The molecule has 0 bridgehead atoms. The van der Waals surface area contributed by atoms with Gasteiger partial charge in [-0.05, 0) is 12.8 Å². The Morgan fingerprint density at radius 1 is 1.17 bits per heavy atom. The van der Waals surface area contributed by atoms with E-state index in [1.807, 2.05) is 0 Å². The van der Waals surface area contributed by atoms with Gasteiger partial charge in [0.1, 0.15) is 0 Å². The van der Waals surface area contributed by atoms with E-state index in [2.05, 4.69) is 15.5 Å². The standard InChI is InChI=1S/C7H11N.CH3.ClH.H2N.Pt/c8-6-7-4-2-1-3-5-7;;;;/h7H,1-5H2;1H3;1H;1H2;/q;-1;;-1;+1/p-1. The van der Waals surface area contributed by atoms with Crippen molar-refractivity contribution in [2.24, 2.45) is 5.92 Å². The Hall–Kier alpha value is 0.428. The van der Waals surface area contributed by atoms with E-state index in [-0.39, 0.29) is 13.6 Å². The quantitative estimate of drug-likeness (QED) is 0.596. The largest absolute Gasteiger partial charge is 0.693 e. The number of nitriles is 1. The average Bonchev–Trinajstić information content (AvgIpc) is 2.10. The number of nitrogens with zero attached hydrogens (tertiary/aromatic N) is 1. The monoisotopic (exact) mass is 370 g/mol. The minimum absolute atomic E-state index is 0. The van der Waals surface area contributed by atoms with Crippen LogP contribution in [0.15, 0.2) is 0 Å². The van der Waals surface area contributed by atoms with Crippen molar-refractivity contribution < 1.29 is 18.8 Å². The third kappa shape index (κ3) is 8.52. The summed E-state index contributed by atoms with van der Waals surface area (Å²) in [7, 11) is 4.61. The molecule has 0 saturated heterocycles. The number of halogens is 1. The number of nitrogens with two attached hydrogens (primary N) is 1. The summed E-state index contributed by atoms with van der Waals surface area (Å²) in [6, 6.07) is 2.30. The normalized spacial score (nSPS) is 15.5. The van der Waals surface area contributed by atoms with E-state index >= 15 is 0 Å². The number of hydrogen-bond donors (Lipinski definition) is 0. The zero-order chi connectivity index (χ0) is 7.82. The van der Waals surface area contributed by atoms with Crippen molar-refractivity contribution in [3.05, 3.63) is 13.6 Å². The second kappa shape index (κ2) is 14.0. The van der Waals surface area contributed by atoms with Gasteiger partial charge in [-0.1, -0.05) is 19.3 Å². The number of rotatable bonds is 0. The first kappa shape index (κ1) is 18.3. The van der Waals surface area contributed by atoms with Crippen LogP contribution in [0.3, 0.4) is 0 Å². The summed E-state index contributed by atoms with van der Waals surface area (Å²) < 4.78 is 0. The molecule has 4 heteroatoms. The molecule has 12 heavy (non-hydrogen) atoms. The summed E-state index contributed by atoms with van der Waals surface area (Å²) in [4.78, 5) is 0. The molecule has 0 atom stereocenters. The Balaban J connectivity index is -0.000000189. The van der Waals surface area contributed by atoms with Crippen LogP contribution in [-0.2, 0) is 18.8 Å². The van der Waals surface area contributed by atoms with Gasteiger partial charge >= 0.3 is 28.2 Å². The van der Waals surface area contributed by atoms with Crippen LogP contribution in [0.25, 0.3) is 6.15 Å². The maximum Gasteiger partial charge on any atom is -0.693 e. The van der Waals surface area contributed by atoms with Gasteiger partial charge in [-0.2, -0.15) is 5.26 Å². The van der Waals surface area contributed by atoms with E-state index in [1.165, 1.54) is 19.3 Å². The van der Waals surface area contributed by atoms with Crippen molar-refractivity contribution in [3.8, 4) is 6.07 Å². The predicted molar refractivity (Wildman–Crippen MR) is 49.7 cm³/mol. The number of hydrogen-bond acceptors (Lipinski definition) is 1. The van der Waals surface area contributed by atoms with Crippen molar-refractivity contribution >= 4 is 9.42 Å². The van der Waals surface area contributed by atoms with Crippen LogP contribution in [0, 0.1) is 24.7 Å². The first-order chi connectivity index (χ1) is 4.93. The van der Waals surface area contributed by atoms with Gasteiger partial charge < -0.3 is 13.6 Å². The molecule has 1 aliphatic carbocycles. The topological polar surface area (TPSA) is 57.3 Å². The van der Waals surface area contributed by atoms with Gasteiger partial charge in [0, 0.05) is 5.92 Å². The molecule has 1 aliphatic rings. The van der Waals surface area contributed by atoms with Crippen LogP contribution >= 0.6 is 9.42 Å². The van der Waals surface area contributed by atoms with E-state index in [9.17, 15) is 0 Å².